The number of nitrogen functional groups attached to an aromatic ring is 1. The SMILES string of the molecule is Nc1ccc(Cl)cc1SCc1ccc(F)cc1Br. The molecule has 2 N–H and O–H groups in total. The fraction of sp³-hybridized carbons (Fsp3) is 0.0769. The molecule has 0 bridgehead atoms. The molecule has 0 unspecified atom stereocenters. The molecule has 18 heavy (non-hydrogen) atoms. The van der Waals surface area contributed by atoms with Crippen molar-refractivity contribution in [1.82, 2.24) is 0 Å². The minimum Gasteiger partial charge on any atom is -0.398 e. The zero-order valence-corrected chi connectivity index (χ0v) is 12.4. The van der Waals surface area contributed by atoms with E-state index in [0.717, 1.165) is 14.9 Å². The van der Waals surface area contributed by atoms with Gasteiger partial charge >= 0.3 is 0 Å². The predicted molar refractivity (Wildman–Crippen MR) is 79.5 cm³/mol. The molecule has 1 nitrogen and oxygen atoms in total. The molecule has 0 amide bonds. The van der Waals surface area contributed by atoms with Crippen LogP contribution in [0.2, 0.25) is 5.02 Å². The van der Waals surface area contributed by atoms with Crippen molar-refractivity contribution < 1.29 is 4.39 Å². The van der Waals surface area contributed by atoms with Crippen molar-refractivity contribution in [3.05, 3.63) is 57.3 Å². The third kappa shape index (κ3) is 3.40. The Kier molecular flexibility index (Phi) is 4.54. The summed E-state index contributed by atoms with van der Waals surface area (Å²) in [6, 6.07) is 10.0. The second-order valence-corrected chi connectivity index (χ2v) is 6.01. The number of halogens is 3. The van der Waals surface area contributed by atoms with Crippen LogP contribution in [0.5, 0.6) is 0 Å². The van der Waals surface area contributed by atoms with E-state index in [-0.39, 0.29) is 5.82 Å². The van der Waals surface area contributed by atoms with Gasteiger partial charge < -0.3 is 5.73 Å². The standard InChI is InChI=1S/C13H10BrClFNS/c14-11-6-10(16)3-1-8(11)7-18-13-5-9(15)2-4-12(13)17/h1-6H,7,17H2. The highest BCUT2D eigenvalue weighted by Gasteiger charge is 2.05. The van der Waals surface area contributed by atoms with Crippen LogP contribution < -0.4 is 5.73 Å². The summed E-state index contributed by atoms with van der Waals surface area (Å²) in [4.78, 5) is 0.929. The van der Waals surface area contributed by atoms with Crippen molar-refractivity contribution in [3.63, 3.8) is 0 Å². The highest BCUT2D eigenvalue weighted by atomic mass is 79.9. The van der Waals surface area contributed by atoms with Gasteiger partial charge in [0.25, 0.3) is 0 Å². The van der Waals surface area contributed by atoms with Crippen LogP contribution in [0.25, 0.3) is 0 Å². The molecule has 0 atom stereocenters. The van der Waals surface area contributed by atoms with Crippen LogP contribution in [-0.2, 0) is 5.75 Å². The van der Waals surface area contributed by atoms with Gasteiger partial charge in [-0.25, -0.2) is 4.39 Å². The molecule has 0 aliphatic rings. The van der Waals surface area contributed by atoms with Crippen molar-refractivity contribution in [3.8, 4) is 0 Å². The molecule has 0 radical (unpaired) electrons. The van der Waals surface area contributed by atoms with E-state index >= 15 is 0 Å². The number of hydrogen-bond donors (Lipinski definition) is 1. The van der Waals surface area contributed by atoms with E-state index in [1.165, 1.54) is 12.1 Å². The molecular formula is C13H10BrClFNS. The molecule has 5 heteroatoms. The molecule has 0 fully saturated rings. The number of rotatable bonds is 3. The van der Waals surface area contributed by atoms with Gasteiger partial charge in [-0.05, 0) is 35.9 Å². The first-order valence-corrected chi connectivity index (χ1v) is 7.33. The van der Waals surface area contributed by atoms with E-state index in [2.05, 4.69) is 15.9 Å². The number of hydrogen-bond acceptors (Lipinski definition) is 2. The van der Waals surface area contributed by atoms with Crippen LogP contribution in [0.4, 0.5) is 10.1 Å². The molecule has 0 aliphatic carbocycles. The topological polar surface area (TPSA) is 26.0 Å². The summed E-state index contributed by atoms with van der Waals surface area (Å²) in [5.74, 6) is 0.448. The van der Waals surface area contributed by atoms with Gasteiger partial charge in [-0.3, -0.25) is 0 Å². The molecule has 2 aromatic rings. The van der Waals surface area contributed by atoms with Crippen molar-refractivity contribution in [2.24, 2.45) is 0 Å². The molecule has 2 rings (SSSR count). The Morgan fingerprint density at radius 3 is 2.72 bits per heavy atom. The normalized spacial score (nSPS) is 10.6. The summed E-state index contributed by atoms with van der Waals surface area (Å²) in [5, 5.41) is 0.657. The van der Waals surface area contributed by atoms with Crippen LogP contribution in [0, 0.1) is 5.82 Å². The van der Waals surface area contributed by atoms with Gasteiger partial charge in [-0.15, -0.1) is 11.8 Å². The van der Waals surface area contributed by atoms with E-state index in [1.54, 1.807) is 30.0 Å². The number of anilines is 1. The summed E-state index contributed by atoms with van der Waals surface area (Å²) in [6.07, 6.45) is 0. The van der Waals surface area contributed by atoms with Gasteiger partial charge in [0.05, 0.1) is 0 Å². The molecule has 0 aromatic heterocycles. The van der Waals surface area contributed by atoms with E-state index in [9.17, 15) is 4.39 Å². The summed E-state index contributed by atoms with van der Waals surface area (Å²) in [7, 11) is 0. The summed E-state index contributed by atoms with van der Waals surface area (Å²) in [5.41, 5.74) is 7.58. The second kappa shape index (κ2) is 5.95. The average molecular weight is 347 g/mol. The van der Waals surface area contributed by atoms with E-state index in [4.69, 9.17) is 17.3 Å². The Labute approximate surface area is 123 Å². The van der Waals surface area contributed by atoms with Crippen molar-refractivity contribution >= 4 is 45.0 Å². The molecule has 0 spiro atoms. The lowest BCUT2D eigenvalue weighted by molar-refractivity contribution is 0.626. The van der Waals surface area contributed by atoms with Crippen LogP contribution in [-0.4, -0.2) is 0 Å². The number of benzene rings is 2. The minimum atomic E-state index is -0.252. The van der Waals surface area contributed by atoms with Gasteiger partial charge in [0, 0.05) is 25.8 Å². The van der Waals surface area contributed by atoms with E-state index < -0.39 is 0 Å². The molecule has 0 aliphatic heterocycles. The molecule has 0 saturated carbocycles. The molecule has 0 heterocycles. The van der Waals surface area contributed by atoms with Crippen LogP contribution in [0.3, 0.4) is 0 Å². The maximum Gasteiger partial charge on any atom is 0.124 e. The van der Waals surface area contributed by atoms with E-state index in [1.807, 2.05) is 6.07 Å². The maximum absolute atomic E-state index is 13.0. The zero-order chi connectivity index (χ0) is 13.1. The van der Waals surface area contributed by atoms with Crippen molar-refractivity contribution in [2.45, 2.75) is 10.6 Å². The first kappa shape index (κ1) is 13.7. The molecular weight excluding hydrogens is 337 g/mol. The third-order valence-corrected chi connectivity index (χ3v) is 4.47. The Balaban J connectivity index is 2.13. The first-order chi connectivity index (χ1) is 8.56. The smallest absolute Gasteiger partial charge is 0.124 e. The quantitative estimate of drug-likeness (QED) is 0.617. The third-order valence-electron chi connectivity index (χ3n) is 2.37. The second-order valence-electron chi connectivity index (χ2n) is 3.71. The van der Waals surface area contributed by atoms with Gasteiger partial charge in [0.1, 0.15) is 5.82 Å². The fourth-order valence-electron chi connectivity index (χ4n) is 1.43. The molecule has 94 valence electrons. The van der Waals surface area contributed by atoms with Gasteiger partial charge in [-0.1, -0.05) is 33.6 Å². The summed E-state index contributed by atoms with van der Waals surface area (Å²) in [6.45, 7) is 0. The highest BCUT2D eigenvalue weighted by Crippen LogP contribution is 2.32. The number of thioether (sulfide) groups is 1. The van der Waals surface area contributed by atoms with Crippen molar-refractivity contribution in [1.29, 1.82) is 0 Å². The predicted octanol–water partition coefficient (Wildman–Crippen LogP) is 5.12. The van der Waals surface area contributed by atoms with Gasteiger partial charge in [0.15, 0.2) is 0 Å². The minimum absolute atomic E-state index is 0.252. The van der Waals surface area contributed by atoms with Gasteiger partial charge in [0.2, 0.25) is 0 Å². The van der Waals surface area contributed by atoms with E-state index in [0.29, 0.717) is 16.5 Å². The van der Waals surface area contributed by atoms with Crippen LogP contribution >= 0.6 is 39.3 Å². The zero-order valence-electron chi connectivity index (χ0n) is 9.29. The molecule has 0 saturated heterocycles. The summed E-state index contributed by atoms with van der Waals surface area (Å²) >= 11 is 10.8. The lowest BCUT2D eigenvalue weighted by Gasteiger charge is -2.07. The van der Waals surface area contributed by atoms with Crippen LogP contribution in [0.15, 0.2) is 45.8 Å². The largest absolute Gasteiger partial charge is 0.398 e. The lowest BCUT2D eigenvalue weighted by Crippen LogP contribution is -1.90. The first-order valence-electron chi connectivity index (χ1n) is 5.18. The highest BCUT2D eigenvalue weighted by molar-refractivity contribution is 9.10. The number of nitrogens with two attached hydrogens (primary N) is 1. The Hall–Kier alpha value is -0.710. The average Bonchev–Trinajstić information content (AvgIpc) is 2.32. The Bertz CT molecular complexity index is 577. The Morgan fingerprint density at radius 1 is 1.22 bits per heavy atom. The van der Waals surface area contributed by atoms with Crippen LogP contribution in [0.1, 0.15) is 5.56 Å². The maximum atomic E-state index is 13.0. The van der Waals surface area contributed by atoms with Gasteiger partial charge in [-0.2, -0.15) is 0 Å². The molecule has 2 aromatic carbocycles. The Morgan fingerprint density at radius 2 is 2.00 bits per heavy atom. The summed E-state index contributed by atoms with van der Waals surface area (Å²) < 4.78 is 13.7. The fourth-order valence-corrected chi connectivity index (χ4v) is 3.35. The lowest BCUT2D eigenvalue weighted by atomic mass is 10.2. The van der Waals surface area contributed by atoms with Crippen molar-refractivity contribution in [2.75, 3.05) is 5.73 Å². The monoisotopic (exact) mass is 345 g/mol.